The lowest BCUT2D eigenvalue weighted by Crippen LogP contribution is -2.09. The van der Waals surface area contributed by atoms with Gasteiger partial charge in [0.2, 0.25) is 49.4 Å². The van der Waals surface area contributed by atoms with Gasteiger partial charge in [-0.2, -0.15) is 0 Å². The number of hydrogen-bond acceptors (Lipinski definition) is 17. The molecule has 0 saturated carbocycles. The van der Waals surface area contributed by atoms with E-state index in [9.17, 15) is 23.6 Å². The number of halogens is 3. The molecule has 0 amide bonds. The average Bonchev–Trinajstić information content (AvgIpc) is 0.933. The molecule has 0 fully saturated rings. The maximum Gasteiger partial charge on any atom is 0.249 e. The van der Waals surface area contributed by atoms with E-state index in [1.807, 2.05) is 113 Å². The minimum Gasteiger partial charge on any atom is -0.493 e. The molecule has 0 bridgehead atoms. The summed E-state index contributed by atoms with van der Waals surface area (Å²) in [5.41, 5.74) is 9.09. The Morgan fingerprint density at radius 2 is 0.673 bits per heavy atom. The Morgan fingerprint density at radius 1 is 0.378 bits per heavy atom. The number of rotatable bonds is 13. The lowest BCUT2D eigenvalue weighted by molar-refractivity contribution is 0.173. The first-order chi connectivity index (χ1) is 47.5. The van der Waals surface area contributed by atoms with Crippen LogP contribution in [0.25, 0.3) is 88.1 Å². The fourth-order valence-electron chi connectivity index (χ4n) is 11.7. The van der Waals surface area contributed by atoms with E-state index in [1.54, 1.807) is 60.7 Å². The number of benzene rings is 8. The molecule has 8 aromatic carbocycles. The van der Waals surface area contributed by atoms with Crippen LogP contribution in [-0.4, -0.2) is 87.6 Å². The maximum absolute atomic E-state index is 13.6. The second-order valence-corrected chi connectivity index (χ2v) is 23.8. The normalized spacial score (nSPS) is 12.5. The predicted molar refractivity (Wildman–Crippen MR) is 376 cm³/mol. The van der Waals surface area contributed by atoms with E-state index >= 15 is 0 Å². The van der Waals surface area contributed by atoms with Crippen molar-refractivity contribution in [2.75, 3.05) is 72.6 Å². The summed E-state index contributed by atoms with van der Waals surface area (Å²) in [7, 11) is 3.96. The minimum absolute atomic E-state index is 0.145. The molecule has 98 heavy (non-hydrogen) atoms. The average molecular weight is 1410 g/mol. The Hall–Kier alpha value is -11.3. The van der Waals surface area contributed by atoms with E-state index in [0.717, 1.165) is 76.6 Å². The number of anilines is 1. The number of ether oxygens (including phenoxy) is 12. The van der Waals surface area contributed by atoms with Crippen molar-refractivity contribution in [3.8, 4) is 114 Å². The molecule has 0 atom stereocenters. The predicted octanol–water partition coefficient (Wildman–Crippen LogP) is 14.9. The molecular weight excluding hydrogens is 1350 g/mol. The highest BCUT2D eigenvalue weighted by atomic mass is 79.9. The van der Waals surface area contributed by atoms with E-state index in [2.05, 4.69) is 35.9 Å². The third-order valence-corrected chi connectivity index (χ3v) is 16.7. The molecule has 24 heteroatoms. The first-order valence-electron chi connectivity index (χ1n) is 31.1. The van der Waals surface area contributed by atoms with Gasteiger partial charge in [-0.3, -0.25) is 19.2 Å². The largest absolute Gasteiger partial charge is 0.493 e. The van der Waals surface area contributed by atoms with Gasteiger partial charge in [-0.15, -0.1) is 0 Å². The maximum atomic E-state index is 13.6. The Kier molecular flexibility index (Phi) is 18.8. The van der Waals surface area contributed by atoms with Crippen molar-refractivity contribution in [1.82, 2.24) is 19.9 Å². The number of nitrogens with zero attached hydrogens (tertiary/aromatic N) is 1. The van der Waals surface area contributed by atoms with Crippen LogP contribution in [0, 0.1) is 5.82 Å². The summed E-state index contributed by atoms with van der Waals surface area (Å²) in [6.07, 6.45) is 0. The fraction of sp³-hybridized carbons (Fsp3) is 0.189. The molecule has 16 rings (SSSR count). The van der Waals surface area contributed by atoms with Gasteiger partial charge in [-0.1, -0.05) is 27.5 Å². The van der Waals surface area contributed by atoms with Gasteiger partial charge in [0.05, 0.1) is 48.5 Å². The van der Waals surface area contributed by atoms with Crippen LogP contribution in [0.2, 0.25) is 5.02 Å². The number of aromatic nitrogens is 4. The number of fused-ring (bicyclic) bond motifs is 8. The minimum atomic E-state index is -0.394. The molecule has 12 aromatic rings. The van der Waals surface area contributed by atoms with Gasteiger partial charge in [0.1, 0.15) is 28.8 Å². The molecular formula is C74H62BrClFN5O16. The zero-order valence-corrected chi connectivity index (χ0v) is 56.0. The lowest BCUT2D eigenvalue weighted by Gasteiger charge is -2.18. The van der Waals surface area contributed by atoms with Crippen molar-refractivity contribution in [1.29, 1.82) is 0 Å². The van der Waals surface area contributed by atoms with Gasteiger partial charge in [0.25, 0.3) is 0 Å². The van der Waals surface area contributed by atoms with Crippen molar-refractivity contribution >= 4 is 76.8 Å². The van der Waals surface area contributed by atoms with Crippen molar-refractivity contribution in [2.24, 2.45) is 0 Å². The van der Waals surface area contributed by atoms with Crippen LogP contribution in [0.15, 0.2) is 169 Å². The zero-order chi connectivity index (χ0) is 68.3. The molecule has 0 radical (unpaired) electrons. The summed E-state index contributed by atoms with van der Waals surface area (Å²) in [5, 5.41) is 3.96. The second-order valence-electron chi connectivity index (χ2n) is 22.4. The van der Waals surface area contributed by atoms with E-state index in [4.69, 9.17) is 68.4 Å². The first-order valence-corrected chi connectivity index (χ1v) is 32.3. The molecule has 0 spiro atoms. The molecule has 500 valence electrons. The van der Waals surface area contributed by atoms with E-state index in [-0.39, 0.29) is 49.4 Å². The van der Waals surface area contributed by atoms with Crippen molar-refractivity contribution in [2.45, 2.75) is 27.7 Å². The standard InChI is InChI=1S/C20H20N2O4.C18H14BrNO4.C18H14ClNO4.C18H14FNO4/c1-4-24-17-7-12(22(2)3)5-6-13(17)14-9-20(23)21-16-10-19-18(8-15(14)16)25-11-26-19;3*1-2-22-15-5-10(19)3-4-11(15)12-7-18(21)20-14-8-17-16(6-13(12)14)23-9-24-17/h5-10H,4,11H2,1-3H3,(H,21,23);3*3-8H,2,9H2,1H3,(H,20,21). The third-order valence-electron chi connectivity index (χ3n) is 16.0. The summed E-state index contributed by atoms with van der Waals surface area (Å²) >= 11 is 9.54. The van der Waals surface area contributed by atoms with Crippen molar-refractivity contribution in [3.63, 3.8) is 0 Å². The monoisotopic (exact) mass is 1410 g/mol. The van der Waals surface area contributed by atoms with Crippen molar-refractivity contribution in [3.05, 3.63) is 202 Å². The van der Waals surface area contributed by atoms with E-state index < -0.39 is 5.82 Å². The summed E-state index contributed by atoms with van der Waals surface area (Å²) in [6, 6.07) is 42.2. The highest BCUT2D eigenvalue weighted by molar-refractivity contribution is 9.10. The Morgan fingerprint density at radius 3 is 1.02 bits per heavy atom. The van der Waals surface area contributed by atoms with Gasteiger partial charge in [0.15, 0.2) is 46.0 Å². The molecule has 21 nitrogen and oxygen atoms in total. The van der Waals surface area contributed by atoms with Crippen molar-refractivity contribution < 1.29 is 61.2 Å². The van der Waals surface area contributed by atoms with Crippen LogP contribution in [-0.2, 0) is 0 Å². The van der Waals surface area contributed by atoms with Gasteiger partial charge in [-0.25, -0.2) is 4.39 Å². The quantitative estimate of drug-likeness (QED) is 0.0838. The Labute approximate surface area is 571 Å². The van der Waals surface area contributed by atoms with Crippen LogP contribution in [0.4, 0.5) is 10.1 Å². The van der Waals surface area contributed by atoms with Crippen LogP contribution >= 0.6 is 27.5 Å². The molecule has 0 unspecified atom stereocenters. The van der Waals surface area contributed by atoms with Gasteiger partial charge in [-0.05, 0) is 113 Å². The van der Waals surface area contributed by atoms with Crippen LogP contribution in [0.1, 0.15) is 27.7 Å². The fourth-order valence-corrected chi connectivity index (χ4v) is 12.2. The number of aromatic amines is 4. The third kappa shape index (κ3) is 13.6. The number of nitrogens with one attached hydrogen (secondary N) is 4. The smallest absolute Gasteiger partial charge is 0.249 e. The molecule has 4 aromatic heterocycles. The number of pyridine rings is 4. The number of hydrogen-bond donors (Lipinski definition) is 4. The topological polar surface area (TPSA) is 245 Å². The molecule has 0 saturated heterocycles. The molecule has 4 aliphatic heterocycles. The second kappa shape index (κ2) is 28.2. The molecule has 0 aliphatic carbocycles. The lowest BCUT2D eigenvalue weighted by atomic mass is 9.99. The highest BCUT2D eigenvalue weighted by Crippen LogP contribution is 2.46. The Balaban J connectivity index is 0.000000118. The SMILES string of the molecule is CCOc1cc(Br)ccc1-c1cc(=O)[nH]c2cc3c(cc12)OCO3.CCOc1cc(Cl)ccc1-c1cc(=O)[nH]c2cc3c(cc12)OCO3.CCOc1cc(F)ccc1-c1cc(=O)[nH]c2cc3c(cc12)OCO3.CCOc1cc(N(C)C)ccc1-c1cc(=O)[nH]c2cc3c(cc12)OCO3. The van der Waals surface area contributed by atoms with Gasteiger partial charge >= 0.3 is 0 Å². The highest BCUT2D eigenvalue weighted by Gasteiger charge is 2.24. The molecule has 8 heterocycles. The summed E-state index contributed by atoms with van der Waals surface area (Å²) in [6.45, 7) is 10.3. The van der Waals surface area contributed by atoms with Crippen LogP contribution in [0.3, 0.4) is 0 Å². The molecule has 4 N–H and O–H groups in total. The first kappa shape index (κ1) is 65.4. The van der Waals surface area contributed by atoms with Crippen LogP contribution < -0.4 is 84.0 Å². The van der Waals surface area contributed by atoms with E-state index in [1.165, 1.54) is 18.2 Å². The summed E-state index contributed by atoms with van der Waals surface area (Å²) < 4.78 is 80.8. The van der Waals surface area contributed by atoms with Crippen LogP contribution in [0.5, 0.6) is 69.0 Å². The zero-order valence-electron chi connectivity index (χ0n) is 53.6. The van der Waals surface area contributed by atoms with Gasteiger partial charge in [0, 0.05) is 156 Å². The Bertz CT molecular complexity index is 4960. The number of H-pyrrole nitrogens is 4. The van der Waals surface area contributed by atoms with Gasteiger partial charge < -0.3 is 81.7 Å². The summed E-state index contributed by atoms with van der Waals surface area (Å²) in [5.74, 6) is 7.17. The van der Waals surface area contributed by atoms with E-state index in [0.29, 0.717) is 122 Å². The molecule has 4 aliphatic rings. The summed E-state index contributed by atoms with van der Waals surface area (Å²) in [4.78, 5) is 61.9.